The first-order valence-corrected chi connectivity index (χ1v) is 6.76. The van der Waals surface area contributed by atoms with E-state index in [2.05, 4.69) is 15.9 Å². The Morgan fingerprint density at radius 2 is 2.00 bits per heavy atom. The Balaban J connectivity index is 2.30. The van der Waals surface area contributed by atoms with Crippen molar-refractivity contribution in [3.05, 3.63) is 33.8 Å². The highest BCUT2D eigenvalue weighted by Gasteiger charge is 2.33. The first kappa shape index (κ1) is 14.4. The Labute approximate surface area is 118 Å². The van der Waals surface area contributed by atoms with Crippen molar-refractivity contribution in [2.75, 3.05) is 13.1 Å². The van der Waals surface area contributed by atoms with Crippen LogP contribution in [0.3, 0.4) is 0 Å². The highest BCUT2D eigenvalue weighted by Crippen LogP contribution is 2.25. The molecule has 1 fully saturated rings. The Bertz CT molecular complexity index is 496. The number of benzene rings is 1. The van der Waals surface area contributed by atoms with Crippen LogP contribution in [0.4, 0.5) is 8.78 Å². The van der Waals surface area contributed by atoms with E-state index in [1.807, 2.05) is 0 Å². The zero-order chi connectivity index (χ0) is 14.2. The van der Waals surface area contributed by atoms with Crippen molar-refractivity contribution in [2.24, 2.45) is 0 Å². The van der Waals surface area contributed by atoms with E-state index in [4.69, 9.17) is 0 Å². The number of halogens is 3. The lowest BCUT2D eigenvalue weighted by molar-refractivity contribution is -0.0110. The fourth-order valence-corrected chi connectivity index (χ4v) is 2.70. The third-order valence-electron chi connectivity index (χ3n) is 3.18. The van der Waals surface area contributed by atoms with E-state index in [0.717, 1.165) is 12.1 Å². The van der Waals surface area contributed by atoms with Crippen LogP contribution in [0, 0.1) is 11.6 Å². The molecule has 1 aliphatic heterocycles. The van der Waals surface area contributed by atoms with Crippen LogP contribution in [0.2, 0.25) is 0 Å². The van der Waals surface area contributed by atoms with Crippen LogP contribution in [0.25, 0.3) is 0 Å². The SMILES string of the molecule is CC1(O)CCCN(C(=O)c2c(F)cc(Br)cc2F)C1. The molecule has 1 atom stereocenters. The highest BCUT2D eigenvalue weighted by molar-refractivity contribution is 9.10. The molecule has 1 aliphatic rings. The first-order chi connectivity index (χ1) is 8.80. The fraction of sp³-hybridized carbons (Fsp3) is 0.462. The van der Waals surface area contributed by atoms with Gasteiger partial charge in [-0.15, -0.1) is 0 Å². The monoisotopic (exact) mass is 333 g/mol. The molecule has 1 N–H and O–H groups in total. The van der Waals surface area contributed by atoms with Gasteiger partial charge in [0, 0.05) is 17.6 Å². The van der Waals surface area contributed by atoms with Gasteiger partial charge in [-0.1, -0.05) is 15.9 Å². The van der Waals surface area contributed by atoms with Gasteiger partial charge in [0.15, 0.2) is 0 Å². The molecule has 0 spiro atoms. The van der Waals surface area contributed by atoms with Gasteiger partial charge >= 0.3 is 0 Å². The first-order valence-electron chi connectivity index (χ1n) is 5.96. The van der Waals surface area contributed by atoms with Gasteiger partial charge in [-0.2, -0.15) is 0 Å². The van der Waals surface area contributed by atoms with Crippen molar-refractivity contribution in [2.45, 2.75) is 25.4 Å². The molecule has 1 aromatic carbocycles. The second-order valence-electron chi connectivity index (χ2n) is 5.07. The number of hydrogen-bond donors (Lipinski definition) is 1. The topological polar surface area (TPSA) is 40.5 Å². The fourth-order valence-electron chi connectivity index (χ4n) is 2.30. The molecule has 1 amide bonds. The van der Waals surface area contributed by atoms with E-state index in [-0.39, 0.29) is 11.0 Å². The minimum Gasteiger partial charge on any atom is -0.388 e. The van der Waals surface area contributed by atoms with Crippen molar-refractivity contribution in [1.29, 1.82) is 0 Å². The number of hydrogen-bond acceptors (Lipinski definition) is 2. The van der Waals surface area contributed by atoms with Gasteiger partial charge in [0.25, 0.3) is 5.91 Å². The Morgan fingerprint density at radius 3 is 2.53 bits per heavy atom. The Hall–Kier alpha value is -1.01. The van der Waals surface area contributed by atoms with E-state index in [1.165, 1.54) is 4.90 Å². The molecule has 1 unspecified atom stereocenters. The number of carbonyl (C=O) groups excluding carboxylic acids is 1. The van der Waals surface area contributed by atoms with Gasteiger partial charge in [0.05, 0.1) is 5.60 Å². The summed E-state index contributed by atoms with van der Waals surface area (Å²) < 4.78 is 27.7. The smallest absolute Gasteiger partial charge is 0.259 e. The summed E-state index contributed by atoms with van der Waals surface area (Å²) in [4.78, 5) is 13.5. The summed E-state index contributed by atoms with van der Waals surface area (Å²) in [5, 5.41) is 9.93. The second kappa shape index (κ2) is 5.17. The molecule has 104 valence electrons. The van der Waals surface area contributed by atoms with Crippen LogP contribution >= 0.6 is 15.9 Å². The number of likely N-dealkylation sites (tertiary alicyclic amines) is 1. The average molecular weight is 334 g/mol. The molecule has 1 aromatic rings. The normalized spacial score (nSPS) is 23.5. The van der Waals surface area contributed by atoms with Crippen LogP contribution in [0.15, 0.2) is 16.6 Å². The number of rotatable bonds is 1. The number of aliphatic hydroxyl groups is 1. The summed E-state index contributed by atoms with van der Waals surface area (Å²) in [6.07, 6.45) is 1.18. The molecule has 19 heavy (non-hydrogen) atoms. The van der Waals surface area contributed by atoms with Gasteiger partial charge < -0.3 is 10.0 Å². The molecule has 0 radical (unpaired) electrons. The Morgan fingerprint density at radius 1 is 1.42 bits per heavy atom. The molecule has 6 heteroatoms. The molecule has 0 bridgehead atoms. The van der Waals surface area contributed by atoms with E-state index in [9.17, 15) is 18.7 Å². The predicted molar refractivity (Wildman–Crippen MR) is 69.8 cm³/mol. The summed E-state index contributed by atoms with van der Waals surface area (Å²) in [5.74, 6) is -2.52. The zero-order valence-electron chi connectivity index (χ0n) is 10.4. The molecule has 0 saturated carbocycles. The van der Waals surface area contributed by atoms with Crippen LogP contribution in [-0.4, -0.2) is 34.6 Å². The van der Waals surface area contributed by atoms with Crippen molar-refractivity contribution in [1.82, 2.24) is 4.90 Å². The van der Waals surface area contributed by atoms with Crippen LogP contribution in [0.5, 0.6) is 0 Å². The highest BCUT2D eigenvalue weighted by atomic mass is 79.9. The van der Waals surface area contributed by atoms with Crippen molar-refractivity contribution >= 4 is 21.8 Å². The van der Waals surface area contributed by atoms with Gasteiger partial charge in [-0.3, -0.25) is 4.79 Å². The third-order valence-corrected chi connectivity index (χ3v) is 3.64. The molecule has 1 heterocycles. The quantitative estimate of drug-likeness (QED) is 0.858. The molecule has 1 saturated heterocycles. The summed E-state index contributed by atoms with van der Waals surface area (Å²) in [6, 6.07) is 2.11. The zero-order valence-corrected chi connectivity index (χ0v) is 12.0. The largest absolute Gasteiger partial charge is 0.388 e. The standard InChI is InChI=1S/C13H14BrF2NO2/c1-13(19)3-2-4-17(7-13)12(18)11-9(15)5-8(14)6-10(11)16/h5-6,19H,2-4,7H2,1H3. The van der Waals surface area contributed by atoms with E-state index >= 15 is 0 Å². The molecular weight excluding hydrogens is 320 g/mol. The number of piperidine rings is 1. The maximum absolute atomic E-state index is 13.7. The van der Waals surface area contributed by atoms with Crippen molar-refractivity contribution < 1.29 is 18.7 Å². The number of nitrogens with zero attached hydrogens (tertiary/aromatic N) is 1. The molecule has 3 nitrogen and oxygen atoms in total. The summed E-state index contributed by atoms with van der Waals surface area (Å²) in [6.45, 7) is 2.09. The summed E-state index contributed by atoms with van der Waals surface area (Å²) in [5.41, 5.74) is -1.57. The van der Waals surface area contributed by atoms with Gasteiger partial charge in [-0.05, 0) is 31.9 Å². The summed E-state index contributed by atoms with van der Waals surface area (Å²) in [7, 11) is 0. The van der Waals surface area contributed by atoms with Crippen LogP contribution < -0.4 is 0 Å². The number of carbonyl (C=O) groups is 1. The second-order valence-corrected chi connectivity index (χ2v) is 5.99. The molecule has 0 aromatic heterocycles. The molecule has 0 aliphatic carbocycles. The van der Waals surface area contributed by atoms with Crippen molar-refractivity contribution in [3.63, 3.8) is 0 Å². The maximum atomic E-state index is 13.7. The van der Waals surface area contributed by atoms with E-state index in [1.54, 1.807) is 6.92 Å². The number of β-amino-alcohol motifs (C(OH)–C–C–N with tert-alkyl or cyclic N) is 1. The van der Waals surface area contributed by atoms with E-state index in [0.29, 0.717) is 19.4 Å². The summed E-state index contributed by atoms with van der Waals surface area (Å²) >= 11 is 2.97. The van der Waals surface area contributed by atoms with Gasteiger partial charge in [-0.25, -0.2) is 8.78 Å². The lowest BCUT2D eigenvalue weighted by Gasteiger charge is -2.36. The lowest BCUT2D eigenvalue weighted by atomic mass is 9.94. The third kappa shape index (κ3) is 3.12. The molecule has 2 rings (SSSR count). The number of amides is 1. The van der Waals surface area contributed by atoms with Crippen LogP contribution in [0.1, 0.15) is 30.1 Å². The molecular formula is C13H14BrF2NO2. The van der Waals surface area contributed by atoms with Gasteiger partial charge in [0.2, 0.25) is 0 Å². The van der Waals surface area contributed by atoms with E-state index < -0.39 is 28.7 Å². The average Bonchev–Trinajstić information content (AvgIpc) is 2.25. The Kier molecular flexibility index (Phi) is 3.92. The van der Waals surface area contributed by atoms with Crippen LogP contribution in [-0.2, 0) is 0 Å². The maximum Gasteiger partial charge on any atom is 0.259 e. The van der Waals surface area contributed by atoms with Crippen molar-refractivity contribution in [3.8, 4) is 0 Å². The van der Waals surface area contributed by atoms with Gasteiger partial charge in [0.1, 0.15) is 17.2 Å². The lowest BCUT2D eigenvalue weighted by Crippen LogP contribution is -2.48. The minimum atomic E-state index is -1.00. The predicted octanol–water partition coefficient (Wildman–Crippen LogP) is 2.71. The minimum absolute atomic E-state index is 0.0841.